The third-order valence-corrected chi connectivity index (χ3v) is 4.19. The molecular formula is C14H15F6N. The molecule has 0 radical (unpaired) electrons. The zero-order valence-electron chi connectivity index (χ0n) is 11.4. The fraction of sp³-hybridized carbons (Fsp3) is 0.571. The van der Waals surface area contributed by atoms with Crippen molar-refractivity contribution < 1.29 is 26.3 Å². The molecule has 0 saturated heterocycles. The van der Waals surface area contributed by atoms with Crippen molar-refractivity contribution in [3.05, 3.63) is 34.9 Å². The van der Waals surface area contributed by atoms with Crippen LogP contribution in [0.2, 0.25) is 0 Å². The summed E-state index contributed by atoms with van der Waals surface area (Å²) in [5, 5.41) is 3.00. The van der Waals surface area contributed by atoms with E-state index in [2.05, 4.69) is 5.32 Å². The fourth-order valence-corrected chi connectivity index (χ4v) is 2.80. The van der Waals surface area contributed by atoms with Gasteiger partial charge < -0.3 is 5.32 Å². The molecule has 0 aromatic heterocycles. The lowest BCUT2D eigenvalue weighted by Gasteiger charge is -2.43. The molecule has 0 aliphatic heterocycles. The number of halogens is 6. The third kappa shape index (κ3) is 3.17. The van der Waals surface area contributed by atoms with Crippen LogP contribution in [-0.4, -0.2) is 13.1 Å². The van der Waals surface area contributed by atoms with Crippen LogP contribution in [-0.2, 0) is 12.4 Å². The second-order valence-corrected chi connectivity index (χ2v) is 5.44. The molecule has 1 saturated carbocycles. The molecule has 3 atom stereocenters. The molecule has 1 aromatic carbocycles. The third-order valence-electron chi connectivity index (χ3n) is 4.19. The molecule has 1 fully saturated rings. The molecule has 0 spiro atoms. The van der Waals surface area contributed by atoms with Gasteiger partial charge in [0.2, 0.25) is 0 Å². The predicted octanol–water partition coefficient (Wildman–Crippen LogP) is 4.44. The lowest BCUT2D eigenvalue weighted by Crippen LogP contribution is -2.46. The van der Waals surface area contributed by atoms with Crippen molar-refractivity contribution in [2.75, 3.05) is 7.05 Å². The van der Waals surface area contributed by atoms with Crippen LogP contribution in [0.5, 0.6) is 0 Å². The Hall–Kier alpha value is -1.24. The fourth-order valence-electron chi connectivity index (χ4n) is 2.80. The molecule has 1 aliphatic rings. The maximum Gasteiger partial charge on any atom is 0.416 e. The first-order valence-electron chi connectivity index (χ1n) is 6.50. The normalized spacial score (nSPS) is 26.6. The lowest BCUT2D eigenvalue weighted by atomic mass is 9.67. The minimum atomic E-state index is -4.79. The SMILES string of the molecule is CNC1CC(c2cc(C(F)(F)F)cc(C(F)(F)F)c2)C1C. The van der Waals surface area contributed by atoms with Crippen molar-refractivity contribution in [2.45, 2.75) is 37.7 Å². The van der Waals surface area contributed by atoms with E-state index in [0.29, 0.717) is 6.42 Å². The maximum absolute atomic E-state index is 12.8. The summed E-state index contributed by atoms with van der Waals surface area (Å²) in [6, 6.07) is 1.96. The Labute approximate surface area is 118 Å². The number of hydrogen-bond acceptors (Lipinski definition) is 1. The summed E-state index contributed by atoms with van der Waals surface area (Å²) in [4.78, 5) is 0. The highest BCUT2D eigenvalue weighted by Crippen LogP contribution is 2.45. The van der Waals surface area contributed by atoms with Crippen LogP contribution in [0.3, 0.4) is 0 Å². The second-order valence-electron chi connectivity index (χ2n) is 5.44. The monoisotopic (exact) mass is 311 g/mol. The van der Waals surface area contributed by atoms with E-state index in [-0.39, 0.29) is 29.5 Å². The maximum atomic E-state index is 12.8. The lowest BCUT2D eigenvalue weighted by molar-refractivity contribution is -0.143. The Morgan fingerprint density at radius 3 is 1.76 bits per heavy atom. The molecule has 1 N–H and O–H groups in total. The molecule has 3 unspecified atom stereocenters. The summed E-state index contributed by atoms with van der Waals surface area (Å²) < 4.78 is 76.7. The zero-order valence-corrected chi connectivity index (χ0v) is 11.4. The summed E-state index contributed by atoms with van der Waals surface area (Å²) in [5.41, 5.74) is -2.38. The average Bonchev–Trinajstić information content (AvgIpc) is 2.35. The first-order valence-corrected chi connectivity index (χ1v) is 6.50. The van der Waals surface area contributed by atoms with E-state index < -0.39 is 23.5 Å². The molecule has 1 nitrogen and oxygen atoms in total. The zero-order chi connectivity index (χ0) is 16.0. The van der Waals surface area contributed by atoms with E-state index in [0.717, 1.165) is 12.1 Å². The molecular weight excluding hydrogens is 296 g/mol. The molecule has 2 rings (SSSR count). The number of benzene rings is 1. The molecule has 118 valence electrons. The van der Waals surface area contributed by atoms with Crippen LogP contribution in [0.15, 0.2) is 18.2 Å². The molecule has 1 aliphatic carbocycles. The molecule has 0 bridgehead atoms. The van der Waals surface area contributed by atoms with Gasteiger partial charge in [-0.25, -0.2) is 0 Å². The first kappa shape index (κ1) is 16.1. The molecule has 0 amide bonds. The van der Waals surface area contributed by atoms with Gasteiger partial charge in [0.05, 0.1) is 11.1 Å². The second kappa shape index (κ2) is 5.19. The highest BCUT2D eigenvalue weighted by atomic mass is 19.4. The number of hydrogen-bond donors (Lipinski definition) is 1. The molecule has 1 aromatic rings. The van der Waals surface area contributed by atoms with Gasteiger partial charge >= 0.3 is 12.4 Å². The van der Waals surface area contributed by atoms with Gasteiger partial charge in [-0.3, -0.25) is 0 Å². The molecule has 21 heavy (non-hydrogen) atoms. The average molecular weight is 311 g/mol. The Morgan fingerprint density at radius 2 is 1.43 bits per heavy atom. The Bertz CT molecular complexity index is 487. The van der Waals surface area contributed by atoms with Gasteiger partial charge in [0.25, 0.3) is 0 Å². The standard InChI is InChI=1S/C14H15F6N/c1-7-11(6-12(7)21-2)8-3-9(13(15,16)17)5-10(4-8)14(18,19)20/h3-5,7,11-12,21H,6H2,1-2H3. The minimum absolute atomic E-state index is 0.000401. The van der Waals surface area contributed by atoms with E-state index in [1.165, 1.54) is 0 Å². The summed E-state index contributed by atoms with van der Waals surface area (Å²) in [6.45, 7) is 1.82. The van der Waals surface area contributed by atoms with Gasteiger partial charge in [-0.05, 0) is 49.1 Å². The summed E-state index contributed by atoms with van der Waals surface area (Å²) in [6.07, 6.45) is -9.03. The Morgan fingerprint density at radius 1 is 0.952 bits per heavy atom. The highest BCUT2D eigenvalue weighted by Gasteiger charge is 2.41. The smallest absolute Gasteiger partial charge is 0.317 e. The Kier molecular flexibility index (Phi) is 3.99. The van der Waals surface area contributed by atoms with Crippen molar-refractivity contribution in [1.82, 2.24) is 5.32 Å². The number of nitrogens with one attached hydrogen (secondary N) is 1. The van der Waals surface area contributed by atoms with E-state index >= 15 is 0 Å². The van der Waals surface area contributed by atoms with Crippen LogP contribution in [0, 0.1) is 5.92 Å². The molecule has 7 heteroatoms. The van der Waals surface area contributed by atoms with Gasteiger partial charge in [0.1, 0.15) is 0 Å². The van der Waals surface area contributed by atoms with Crippen molar-refractivity contribution in [3.63, 3.8) is 0 Å². The van der Waals surface area contributed by atoms with Crippen LogP contribution < -0.4 is 5.32 Å². The van der Waals surface area contributed by atoms with Gasteiger partial charge in [0, 0.05) is 6.04 Å². The van der Waals surface area contributed by atoms with E-state index in [1.54, 1.807) is 7.05 Å². The quantitative estimate of drug-likeness (QED) is 0.797. The highest BCUT2D eigenvalue weighted by molar-refractivity contribution is 5.37. The topological polar surface area (TPSA) is 12.0 Å². The van der Waals surface area contributed by atoms with Crippen LogP contribution >= 0.6 is 0 Å². The summed E-state index contributed by atoms with van der Waals surface area (Å²) in [5.74, 6) is -0.287. The predicted molar refractivity (Wildman–Crippen MR) is 65.8 cm³/mol. The van der Waals surface area contributed by atoms with Gasteiger partial charge in [0.15, 0.2) is 0 Å². The summed E-state index contributed by atoms with van der Waals surface area (Å²) in [7, 11) is 1.73. The molecule has 0 heterocycles. The largest absolute Gasteiger partial charge is 0.416 e. The minimum Gasteiger partial charge on any atom is -0.317 e. The van der Waals surface area contributed by atoms with E-state index in [9.17, 15) is 26.3 Å². The van der Waals surface area contributed by atoms with Crippen molar-refractivity contribution in [2.24, 2.45) is 5.92 Å². The van der Waals surface area contributed by atoms with Crippen LogP contribution in [0.1, 0.15) is 36.0 Å². The number of alkyl halides is 6. The van der Waals surface area contributed by atoms with Crippen LogP contribution in [0.4, 0.5) is 26.3 Å². The van der Waals surface area contributed by atoms with Crippen molar-refractivity contribution in [1.29, 1.82) is 0 Å². The van der Waals surface area contributed by atoms with Gasteiger partial charge in [-0.15, -0.1) is 0 Å². The number of rotatable bonds is 2. The van der Waals surface area contributed by atoms with Crippen molar-refractivity contribution in [3.8, 4) is 0 Å². The first-order chi connectivity index (χ1) is 9.54. The van der Waals surface area contributed by atoms with Crippen molar-refractivity contribution >= 4 is 0 Å². The van der Waals surface area contributed by atoms with Crippen LogP contribution in [0.25, 0.3) is 0 Å². The Balaban J connectivity index is 2.42. The van der Waals surface area contributed by atoms with Gasteiger partial charge in [-0.1, -0.05) is 6.92 Å². The van der Waals surface area contributed by atoms with Gasteiger partial charge in [-0.2, -0.15) is 26.3 Å². The van der Waals surface area contributed by atoms with E-state index in [1.807, 2.05) is 6.92 Å². The van der Waals surface area contributed by atoms with E-state index in [4.69, 9.17) is 0 Å². The summed E-state index contributed by atoms with van der Waals surface area (Å²) >= 11 is 0.